The molecular formula is C24H30ClN5O4S. The summed E-state index contributed by atoms with van der Waals surface area (Å²) in [7, 11) is 0. The topological polar surface area (TPSA) is 109 Å². The summed E-state index contributed by atoms with van der Waals surface area (Å²) in [6.45, 7) is 7.95. The first-order chi connectivity index (χ1) is 16.9. The Labute approximate surface area is 213 Å². The first-order valence-electron chi connectivity index (χ1n) is 11.9. The third-order valence-electron chi connectivity index (χ3n) is 5.88. The van der Waals surface area contributed by atoms with E-state index in [0.29, 0.717) is 49.9 Å². The molecular weight excluding hydrogens is 490 g/mol. The number of nitrogens with one attached hydrogen (secondary N) is 2. The number of ether oxygens (including phenoxy) is 2. The van der Waals surface area contributed by atoms with Crippen LogP contribution in [0.1, 0.15) is 60.3 Å². The number of esters is 1. The zero-order valence-electron chi connectivity index (χ0n) is 20.1. The Morgan fingerprint density at radius 3 is 2.83 bits per heavy atom. The van der Waals surface area contributed by atoms with Gasteiger partial charge in [0.1, 0.15) is 0 Å². The first-order valence-corrected chi connectivity index (χ1v) is 13.1. The Morgan fingerprint density at radius 2 is 2.11 bits per heavy atom. The number of anilines is 1. The fraction of sp³-hybridized carbons (Fsp3) is 0.500. The van der Waals surface area contributed by atoms with Crippen LogP contribution < -0.4 is 10.2 Å². The van der Waals surface area contributed by atoms with Gasteiger partial charge in [-0.05, 0) is 38.3 Å². The van der Waals surface area contributed by atoms with Crippen LogP contribution in [0.4, 0.5) is 5.13 Å². The second kappa shape index (κ2) is 11.4. The summed E-state index contributed by atoms with van der Waals surface area (Å²) >= 11 is 7.58. The number of carbonyl (C=O) groups is 2. The molecule has 0 aliphatic carbocycles. The number of nitrogens with zero attached hydrogens (tertiary/aromatic N) is 3. The molecule has 2 N–H and O–H groups in total. The van der Waals surface area contributed by atoms with Crippen molar-refractivity contribution in [3.05, 3.63) is 40.4 Å². The number of carbonyl (C=O) groups excluding carboxylic acids is 2. The number of halogens is 1. The number of benzene rings is 1. The molecule has 0 bridgehead atoms. The molecule has 0 saturated carbocycles. The Kier molecular flexibility index (Phi) is 8.25. The number of hydrogen-bond acceptors (Lipinski definition) is 8. The fourth-order valence-electron chi connectivity index (χ4n) is 4.10. The Morgan fingerprint density at radius 1 is 1.29 bits per heavy atom. The van der Waals surface area contributed by atoms with Crippen molar-refractivity contribution in [1.29, 1.82) is 0 Å². The van der Waals surface area contributed by atoms with Crippen molar-refractivity contribution in [2.75, 3.05) is 31.2 Å². The molecule has 0 radical (unpaired) electrons. The molecule has 1 aliphatic rings. The highest BCUT2D eigenvalue weighted by molar-refractivity contribution is 7.22. The highest BCUT2D eigenvalue weighted by atomic mass is 35.5. The molecule has 1 amide bonds. The maximum atomic E-state index is 12.9. The number of amides is 1. The molecule has 2 unspecified atom stereocenters. The van der Waals surface area contributed by atoms with Gasteiger partial charge >= 0.3 is 5.97 Å². The van der Waals surface area contributed by atoms with E-state index in [4.69, 9.17) is 26.1 Å². The normalized spacial score (nSPS) is 18.1. The van der Waals surface area contributed by atoms with E-state index < -0.39 is 0 Å². The van der Waals surface area contributed by atoms with Crippen LogP contribution in [-0.4, -0.2) is 65.3 Å². The molecule has 1 aromatic carbocycles. The van der Waals surface area contributed by atoms with Crippen molar-refractivity contribution < 1.29 is 19.1 Å². The molecule has 3 heterocycles. The summed E-state index contributed by atoms with van der Waals surface area (Å²) in [5.41, 5.74) is 2.03. The van der Waals surface area contributed by atoms with Gasteiger partial charge in [0, 0.05) is 19.7 Å². The molecule has 1 saturated heterocycles. The van der Waals surface area contributed by atoms with Gasteiger partial charge in [-0.3, -0.25) is 4.79 Å². The molecule has 1 fully saturated rings. The zero-order valence-corrected chi connectivity index (χ0v) is 21.7. The van der Waals surface area contributed by atoms with Crippen molar-refractivity contribution in [3.8, 4) is 0 Å². The van der Waals surface area contributed by atoms with Gasteiger partial charge in [-0.1, -0.05) is 42.9 Å². The number of piperidine rings is 1. The van der Waals surface area contributed by atoms with Crippen LogP contribution in [-0.2, 0) is 15.9 Å². The molecule has 1 aliphatic heterocycles. The van der Waals surface area contributed by atoms with Crippen LogP contribution in [0.3, 0.4) is 0 Å². The van der Waals surface area contributed by atoms with Crippen LogP contribution in [0, 0.1) is 0 Å². The summed E-state index contributed by atoms with van der Waals surface area (Å²) in [6, 6.07) is 5.30. The molecule has 3 aromatic rings. The van der Waals surface area contributed by atoms with Gasteiger partial charge in [-0.25, -0.2) is 14.8 Å². The average molecular weight is 520 g/mol. The number of aromatic amines is 1. The molecule has 35 heavy (non-hydrogen) atoms. The number of thiazole rings is 1. The first kappa shape index (κ1) is 25.4. The summed E-state index contributed by atoms with van der Waals surface area (Å²) in [4.78, 5) is 39.3. The lowest BCUT2D eigenvalue weighted by Crippen LogP contribution is -2.55. The lowest BCUT2D eigenvalue weighted by Gasteiger charge is -2.38. The van der Waals surface area contributed by atoms with Crippen LogP contribution in [0.15, 0.2) is 18.2 Å². The minimum Gasteiger partial charge on any atom is -0.462 e. The third-order valence-corrected chi connectivity index (χ3v) is 7.36. The monoisotopic (exact) mass is 519 g/mol. The zero-order chi connectivity index (χ0) is 24.9. The van der Waals surface area contributed by atoms with Gasteiger partial charge < -0.3 is 24.7 Å². The molecule has 188 valence electrons. The SMILES string of the molecule is CCCOC1CN(c2nc3cccc(C(=O)OCC)c3s2)CCC1NC(=O)c1nc(Cl)c(CC)[nH]1. The Hall–Kier alpha value is -2.69. The van der Waals surface area contributed by atoms with E-state index in [-0.39, 0.29) is 29.8 Å². The second-order valence-corrected chi connectivity index (χ2v) is 9.64. The van der Waals surface area contributed by atoms with Crippen molar-refractivity contribution in [2.45, 2.75) is 52.2 Å². The molecule has 9 nitrogen and oxygen atoms in total. The van der Waals surface area contributed by atoms with Crippen molar-refractivity contribution in [3.63, 3.8) is 0 Å². The van der Waals surface area contributed by atoms with Crippen LogP contribution in [0.5, 0.6) is 0 Å². The van der Waals surface area contributed by atoms with Gasteiger partial charge in [-0.15, -0.1) is 0 Å². The van der Waals surface area contributed by atoms with Gasteiger partial charge in [0.15, 0.2) is 16.1 Å². The Bertz CT molecular complexity index is 1200. The minimum atomic E-state index is -0.344. The van der Waals surface area contributed by atoms with E-state index in [9.17, 15) is 9.59 Å². The van der Waals surface area contributed by atoms with Crippen LogP contribution in [0.25, 0.3) is 10.2 Å². The second-order valence-electron chi connectivity index (χ2n) is 8.30. The summed E-state index contributed by atoms with van der Waals surface area (Å²) in [6.07, 6.45) is 1.99. The molecule has 0 spiro atoms. The predicted octanol–water partition coefficient (Wildman–Crippen LogP) is 4.22. The summed E-state index contributed by atoms with van der Waals surface area (Å²) in [5, 5.41) is 4.21. The number of H-pyrrole nitrogens is 1. The van der Waals surface area contributed by atoms with Gasteiger partial charge in [-0.2, -0.15) is 0 Å². The fourth-order valence-corrected chi connectivity index (χ4v) is 5.47. The van der Waals surface area contributed by atoms with E-state index in [1.54, 1.807) is 13.0 Å². The van der Waals surface area contributed by atoms with Crippen molar-refractivity contribution in [2.24, 2.45) is 0 Å². The van der Waals surface area contributed by atoms with E-state index in [1.165, 1.54) is 11.3 Å². The average Bonchev–Trinajstić information content (AvgIpc) is 3.46. The van der Waals surface area contributed by atoms with Gasteiger partial charge in [0.25, 0.3) is 5.91 Å². The summed E-state index contributed by atoms with van der Waals surface area (Å²) in [5.74, 6) is -0.432. The van der Waals surface area contributed by atoms with Crippen LogP contribution in [0.2, 0.25) is 5.15 Å². The van der Waals surface area contributed by atoms with Gasteiger partial charge in [0.05, 0.1) is 40.2 Å². The number of rotatable bonds is 9. The molecule has 2 aromatic heterocycles. The van der Waals surface area contributed by atoms with Crippen molar-refractivity contribution >= 4 is 50.2 Å². The van der Waals surface area contributed by atoms with Crippen LogP contribution >= 0.6 is 22.9 Å². The Balaban J connectivity index is 1.51. The highest BCUT2D eigenvalue weighted by Crippen LogP contribution is 2.33. The van der Waals surface area contributed by atoms with E-state index in [2.05, 4.69) is 27.1 Å². The van der Waals surface area contributed by atoms with Crippen molar-refractivity contribution in [1.82, 2.24) is 20.3 Å². The largest absolute Gasteiger partial charge is 0.462 e. The maximum absolute atomic E-state index is 12.9. The number of aryl methyl sites for hydroxylation is 1. The number of imidazole rings is 1. The lowest BCUT2D eigenvalue weighted by atomic mass is 10.0. The minimum absolute atomic E-state index is 0.177. The number of aromatic nitrogens is 3. The van der Waals surface area contributed by atoms with E-state index in [0.717, 1.165) is 27.5 Å². The lowest BCUT2D eigenvalue weighted by molar-refractivity contribution is 0.0204. The summed E-state index contributed by atoms with van der Waals surface area (Å²) < 4.78 is 12.2. The third kappa shape index (κ3) is 5.60. The molecule has 2 atom stereocenters. The maximum Gasteiger partial charge on any atom is 0.339 e. The number of hydrogen-bond donors (Lipinski definition) is 2. The molecule has 4 rings (SSSR count). The molecule has 11 heteroatoms. The van der Waals surface area contributed by atoms with Gasteiger partial charge in [0.2, 0.25) is 0 Å². The smallest absolute Gasteiger partial charge is 0.339 e. The van der Waals surface area contributed by atoms with E-state index in [1.807, 2.05) is 19.1 Å². The predicted molar refractivity (Wildman–Crippen MR) is 137 cm³/mol. The quantitative estimate of drug-likeness (QED) is 0.407. The standard InChI is InChI=1S/C24H30ClN5O4S/c1-4-12-34-18-13-30(11-10-16(18)27-22(31)21-26-15(5-2)20(25)29-21)24-28-17-9-7-8-14(19(17)35-24)23(32)33-6-3/h7-9,16,18H,4-6,10-13H2,1-3H3,(H,26,29)(H,27,31). The van der Waals surface area contributed by atoms with E-state index >= 15 is 0 Å². The highest BCUT2D eigenvalue weighted by Gasteiger charge is 2.33. The number of fused-ring (bicyclic) bond motifs is 1.